The molecule has 0 aliphatic carbocycles. The van der Waals surface area contributed by atoms with Crippen LogP contribution in [0.5, 0.6) is 0 Å². The van der Waals surface area contributed by atoms with Crippen LogP contribution in [0.15, 0.2) is 48.5 Å². The third-order valence-corrected chi connectivity index (χ3v) is 5.19. The van der Waals surface area contributed by atoms with Crippen molar-refractivity contribution in [2.45, 2.75) is 12.6 Å². The molecule has 6 nitrogen and oxygen atoms in total. The van der Waals surface area contributed by atoms with Gasteiger partial charge in [-0.2, -0.15) is 5.01 Å². The number of anilines is 1. The van der Waals surface area contributed by atoms with E-state index in [0.29, 0.717) is 10.1 Å². The van der Waals surface area contributed by atoms with Gasteiger partial charge < -0.3 is 0 Å². The van der Waals surface area contributed by atoms with Crippen LogP contribution in [0.3, 0.4) is 0 Å². The van der Waals surface area contributed by atoms with Gasteiger partial charge in [-0.25, -0.2) is 0 Å². The first-order chi connectivity index (χ1) is 12.1. The first-order valence-corrected chi connectivity index (χ1v) is 8.72. The van der Waals surface area contributed by atoms with E-state index in [-0.39, 0.29) is 11.9 Å². The number of benzene rings is 2. The molecule has 2 aromatic carbocycles. The number of hydrazine groups is 1. The smallest absolute Gasteiger partial charge is 0.269 e. The number of non-ortho nitro benzene ring substituents is 1. The minimum atomic E-state index is -0.398. The fourth-order valence-electron chi connectivity index (χ4n) is 3.40. The highest BCUT2D eigenvalue weighted by atomic mass is 35.5. The van der Waals surface area contributed by atoms with Crippen molar-refractivity contribution in [1.29, 1.82) is 0 Å². The Morgan fingerprint density at radius 1 is 1.08 bits per heavy atom. The Kier molecular flexibility index (Phi) is 4.07. The summed E-state index contributed by atoms with van der Waals surface area (Å²) in [4.78, 5) is 12.6. The minimum absolute atomic E-state index is 0.0673. The molecule has 0 amide bonds. The number of hydrogen-bond donors (Lipinski definition) is 0. The normalized spacial score (nSPS) is 20.2. The molecule has 2 aliphatic heterocycles. The van der Waals surface area contributed by atoms with Crippen molar-refractivity contribution in [3.8, 4) is 0 Å². The van der Waals surface area contributed by atoms with E-state index in [2.05, 4.69) is 10.0 Å². The first kappa shape index (κ1) is 16.3. The lowest BCUT2D eigenvalue weighted by Crippen LogP contribution is -2.32. The fraction of sp³-hybridized carbons (Fsp3) is 0.235. The number of halogens is 1. The number of nitrogens with zero attached hydrogens (tertiary/aromatic N) is 4. The van der Waals surface area contributed by atoms with Gasteiger partial charge in [-0.15, -0.1) is 0 Å². The van der Waals surface area contributed by atoms with Crippen LogP contribution in [0.25, 0.3) is 0 Å². The molecule has 128 valence electrons. The fourth-order valence-corrected chi connectivity index (χ4v) is 3.92. The molecule has 25 heavy (non-hydrogen) atoms. The molecule has 8 heteroatoms. The van der Waals surface area contributed by atoms with E-state index in [9.17, 15) is 10.1 Å². The number of rotatable bonds is 3. The molecule has 2 heterocycles. The summed E-state index contributed by atoms with van der Waals surface area (Å²) in [5, 5.41) is 16.7. The predicted octanol–water partition coefficient (Wildman–Crippen LogP) is 3.97. The largest absolute Gasteiger partial charge is 0.296 e. The van der Waals surface area contributed by atoms with Gasteiger partial charge in [-0.1, -0.05) is 23.7 Å². The molecular weight excluding hydrogens is 360 g/mol. The average Bonchev–Trinajstić information content (AvgIpc) is 3.18. The molecule has 4 rings (SSSR count). The molecule has 2 fully saturated rings. The lowest BCUT2D eigenvalue weighted by molar-refractivity contribution is -0.384. The standard InChI is InChI=1S/C17H15ClN4O2S/c18-13-4-2-12(3-5-13)16-19-10-1-11-20(19)17(25)21(16)14-6-8-15(9-7-14)22(23)24/h2-9,16H,1,10-11H2/t16-/m1/s1. The van der Waals surface area contributed by atoms with Gasteiger partial charge in [0.05, 0.1) is 4.92 Å². The second kappa shape index (κ2) is 6.25. The van der Waals surface area contributed by atoms with Gasteiger partial charge in [0.15, 0.2) is 5.11 Å². The van der Waals surface area contributed by atoms with Gasteiger partial charge >= 0.3 is 0 Å². The van der Waals surface area contributed by atoms with Crippen molar-refractivity contribution in [2.75, 3.05) is 18.0 Å². The predicted molar refractivity (Wildman–Crippen MR) is 100 cm³/mol. The molecule has 1 atom stereocenters. The van der Waals surface area contributed by atoms with E-state index in [1.807, 2.05) is 29.2 Å². The molecule has 0 bridgehead atoms. The first-order valence-electron chi connectivity index (χ1n) is 7.93. The third kappa shape index (κ3) is 2.74. The van der Waals surface area contributed by atoms with Crippen LogP contribution < -0.4 is 4.90 Å². The summed E-state index contributed by atoms with van der Waals surface area (Å²) in [6, 6.07) is 14.2. The lowest BCUT2D eigenvalue weighted by Gasteiger charge is -2.28. The average molecular weight is 375 g/mol. The molecule has 2 saturated heterocycles. The number of nitro groups is 1. The molecule has 0 unspecified atom stereocenters. The van der Waals surface area contributed by atoms with Gasteiger partial charge in [-0.3, -0.25) is 20.0 Å². The molecule has 0 saturated carbocycles. The van der Waals surface area contributed by atoms with Crippen LogP contribution in [-0.2, 0) is 0 Å². The highest BCUT2D eigenvalue weighted by Crippen LogP contribution is 2.41. The Bertz CT molecular complexity index is 828. The van der Waals surface area contributed by atoms with Crippen LogP contribution in [0.2, 0.25) is 5.02 Å². The van der Waals surface area contributed by atoms with Crippen LogP contribution >= 0.6 is 23.8 Å². The highest BCUT2D eigenvalue weighted by molar-refractivity contribution is 7.80. The van der Waals surface area contributed by atoms with E-state index >= 15 is 0 Å². The zero-order valence-electron chi connectivity index (χ0n) is 13.2. The second-order valence-corrected chi connectivity index (χ2v) is 6.79. The van der Waals surface area contributed by atoms with Crippen molar-refractivity contribution in [2.24, 2.45) is 0 Å². The van der Waals surface area contributed by atoms with E-state index in [4.69, 9.17) is 23.8 Å². The Labute approximate surface area is 155 Å². The summed E-state index contributed by atoms with van der Waals surface area (Å²) < 4.78 is 0. The van der Waals surface area contributed by atoms with Gasteiger partial charge in [0.2, 0.25) is 0 Å². The topological polar surface area (TPSA) is 52.9 Å². The molecule has 0 spiro atoms. The SMILES string of the molecule is O=[N+]([O-])c1ccc(N2C(=S)N3CCCN3[C@H]2c2ccc(Cl)cc2)cc1. The summed E-state index contributed by atoms with van der Waals surface area (Å²) in [5.41, 5.74) is 1.98. The van der Waals surface area contributed by atoms with Crippen molar-refractivity contribution in [1.82, 2.24) is 10.0 Å². The summed E-state index contributed by atoms with van der Waals surface area (Å²) in [6.07, 6.45) is 0.979. The summed E-state index contributed by atoms with van der Waals surface area (Å²) in [7, 11) is 0. The van der Waals surface area contributed by atoms with Crippen LogP contribution in [-0.4, -0.2) is 33.1 Å². The Morgan fingerprint density at radius 3 is 2.40 bits per heavy atom. The van der Waals surface area contributed by atoms with Gasteiger partial charge in [0, 0.05) is 35.9 Å². The zero-order chi connectivity index (χ0) is 17.6. The van der Waals surface area contributed by atoms with Crippen LogP contribution in [0.1, 0.15) is 18.2 Å². The number of hydrogen-bond acceptors (Lipinski definition) is 4. The maximum atomic E-state index is 10.9. The lowest BCUT2D eigenvalue weighted by atomic mass is 10.1. The summed E-state index contributed by atoms with van der Waals surface area (Å²) in [6.45, 7) is 1.79. The van der Waals surface area contributed by atoms with Crippen LogP contribution in [0.4, 0.5) is 11.4 Å². The molecule has 2 aliphatic rings. The van der Waals surface area contributed by atoms with Gasteiger partial charge in [0.25, 0.3) is 5.69 Å². The Morgan fingerprint density at radius 2 is 1.76 bits per heavy atom. The van der Waals surface area contributed by atoms with E-state index in [1.165, 1.54) is 12.1 Å². The third-order valence-electron chi connectivity index (χ3n) is 4.53. The molecule has 0 radical (unpaired) electrons. The van der Waals surface area contributed by atoms with Gasteiger partial charge in [-0.05, 0) is 48.5 Å². The Hall–Kier alpha value is -2.22. The zero-order valence-corrected chi connectivity index (χ0v) is 14.8. The van der Waals surface area contributed by atoms with Crippen molar-refractivity contribution >= 4 is 40.3 Å². The van der Waals surface area contributed by atoms with Crippen molar-refractivity contribution in [3.05, 3.63) is 69.2 Å². The monoisotopic (exact) mass is 374 g/mol. The quantitative estimate of drug-likeness (QED) is 0.460. The van der Waals surface area contributed by atoms with Crippen molar-refractivity contribution in [3.63, 3.8) is 0 Å². The number of thiocarbonyl (C=S) groups is 1. The maximum absolute atomic E-state index is 10.9. The summed E-state index contributed by atoms with van der Waals surface area (Å²) in [5.74, 6) is 0. The number of nitro benzene ring substituents is 1. The molecule has 0 N–H and O–H groups in total. The summed E-state index contributed by atoms with van der Waals surface area (Å²) >= 11 is 11.7. The Balaban J connectivity index is 1.76. The molecular formula is C17H15ClN4O2S. The minimum Gasteiger partial charge on any atom is -0.296 e. The maximum Gasteiger partial charge on any atom is 0.269 e. The second-order valence-electron chi connectivity index (χ2n) is 5.99. The number of fused-ring (bicyclic) bond motifs is 1. The van der Waals surface area contributed by atoms with E-state index in [0.717, 1.165) is 30.8 Å². The van der Waals surface area contributed by atoms with Gasteiger partial charge in [0.1, 0.15) is 6.17 Å². The van der Waals surface area contributed by atoms with Crippen molar-refractivity contribution < 1.29 is 4.92 Å². The van der Waals surface area contributed by atoms with Crippen LogP contribution in [0, 0.1) is 10.1 Å². The van der Waals surface area contributed by atoms with E-state index in [1.54, 1.807) is 12.1 Å². The molecule has 0 aromatic heterocycles. The highest BCUT2D eigenvalue weighted by Gasteiger charge is 2.45. The van der Waals surface area contributed by atoms with E-state index < -0.39 is 4.92 Å². The molecule has 2 aromatic rings.